The molecule has 2 aromatic rings. The van der Waals surface area contributed by atoms with Gasteiger partial charge in [0.1, 0.15) is 5.75 Å². The van der Waals surface area contributed by atoms with Gasteiger partial charge in [-0.3, -0.25) is 4.72 Å². The summed E-state index contributed by atoms with van der Waals surface area (Å²) in [6.07, 6.45) is 1.02. The third-order valence-corrected chi connectivity index (χ3v) is 5.43. The molecule has 0 radical (unpaired) electrons. The molecule has 0 aliphatic heterocycles. The van der Waals surface area contributed by atoms with Gasteiger partial charge in [-0.15, -0.1) is 0 Å². The van der Waals surface area contributed by atoms with Crippen LogP contribution < -0.4 is 9.46 Å². The number of anilines is 1. The maximum atomic E-state index is 12.5. The fraction of sp³-hybridized carbons (Fsp3) is 0.333. The van der Waals surface area contributed by atoms with Gasteiger partial charge in [0.2, 0.25) is 0 Å². The number of hydrogen-bond acceptors (Lipinski definition) is 3. The van der Waals surface area contributed by atoms with Crippen molar-refractivity contribution in [3.05, 3.63) is 53.6 Å². The van der Waals surface area contributed by atoms with Crippen molar-refractivity contribution >= 4 is 15.7 Å². The van der Waals surface area contributed by atoms with E-state index in [9.17, 15) is 8.42 Å². The van der Waals surface area contributed by atoms with Crippen molar-refractivity contribution in [2.75, 3.05) is 11.8 Å². The van der Waals surface area contributed by atoms with Crippen LogP contribution in [0.4, 0.5) is 5.69 Å². The average Bonchev–Trinajstić information content (AvgIpc) is 2.56. The smallest absolute Gasteiger partial charge is 0.261 e. The van der Waals surface area contributed by atoms with Crippen molar-refractivity contribution in [3.63, 3.8) is 0 Å². The summed E-state index contributed by atoms with van der Waals surface area (Å²) in [5.74, 6) is 1.12. The van der Waals surface area contributed by atoms with Gasteiger partial charge in [-0.2, -0.15) is 0 Å². The van der Waals surface area contributed by atoms with Crippen LogP contribution in [0, 0.1) is 6.92 Å². The molecule has 4 nitrogen and oxygen atoms in total. The first-order valence-corrected chi connectivity index (χ1v) is 9.13. The summed E-state index contributed by atoms with van der Waals surface area (Å²) in [6.45, 7) is 6.08. The third-order valence-electron chi connectivity index (χ3n) is 4.05. The van der Waals surface area contributed by atoms with Crippen LogP contribution in [-0.4, -0.2) is 15.5 Å². The summed E-state index contributed by atoms with van der Waals surface area (Å²) in [6, 6.07) is 12.3. The van der Waals surface area contributed by atoms with Crippen LogP contribution in [0.5, 0.6) is 5.75 Å². The number of sulfonamides is 1. The highest BCUT2D eigenvalue weighted by Crippen LogP contribution is 2.25. The molecule has 0 aromatic heterocycles. The number of ether oxygens (including phenoxy) is 1. The Morgan fingerprint density at radius 1 is 1.13 bits per heavy atom. The second-order valence-electron chi connectivity index (χ2n) is 5.66. The van der Waals surface area contributed by atoms with Crippen molar-refractivity contribution in [1.29, 1.82) is 0 Å². The predicted molar refractivity (Wildman–Crippen MR) is 93.7 cm³/mol. The lowest BCUT2D eigenvalue weighted by Crippen LogP contribution is -2.13. The van der Waals surface area contributed by atoms with E-state index in [1.54, 1.807) is 37.4 Å². The van der Waals surface area contributed by atoms with Crippen LogP contribution in [-0.2, 0) is 10.0 Å². The van der Waals surface area contributed by atoms with E-state index in [1.807, 2.05) is 19.1 Å². The van der Waals surface area contributed by atoms with E-state index in [0.717, 1.165) is 17.5 Å². The topological polar surface area (TPSA) is 55.4 Å². The van der Waals surface area contributed by atoms with Crippen LogP contribution in [0.1, 0.15) is 37.3 Å². The molecule has 2 aromatic carbocycles. The van der Waals surface area contributed by atoms with Crippen molar-refractivity contribution in [3.8, 4) is 5.75 Å². The van der Waals surface area contributed by atoms with Gasteiger partial charge in [-0.25, -0.2) is 8.42 Å². The number of aryl methyl sites for hydroxylation is 1. The van der Waals surface area contributed by atoms with Crippen molar-refractivity contribution in [1.82, 2.24) is 0 Å². The summed E-state index contributed by atoms with van der Waals surface area (Å²) in [4.78, 5) is 0.264. The predicted octanol–water partition coefficient (Wildman–Crippen LogP) is 4.32. The first-order chi connectivity index (χ1) is 10.9. The van der Waals surface area contributed by atoms with E-state index in [1.165, 1.54) is 0 Å². The SMILES string of the molecule is CCC(C)c1ccc(S(=O)(=O)Nc2ccc(OC)cc2C)cc1. The van der Waals surface area contributed by atoms with Gasteiger partial charge in [-0.05, 0) is 60.7 Å². The minimum Gasteiger partial charge on any atom is -0.497 e. The number of benzene rings is 2. The maximum Gasteiger partial charge on any atom is 0.261 e. The molecular formula is C18H23NO3S. The van der Waals surface area contributed by atoms with Crippen molar-refractivity contribution < 1.29 is 13.2 Å². The van der Waals surface area contributed by atoms with Crippen LogP contribution in [0.3, 0.4) is 0 Å². The Labute approximate surface area is 138 Å². The average molecular weight is 333 g/mol. The lowest BCUT2D eigenvalue weighted by molar-refractivity contribution is 0.414. The molecule has 0 bridgehead atoms. The molecule has 5 heteroatoms. The summed E-state index contributed by atoms with van der Waals surface area (Å²) < 4.78 is 32.8. The Hall–Kier alpha value is -2.01. The molecule has 0 fully saturated rings. The number of hydrogen-bond donors (Lipinski definition) is 1. The highest BCUT2D eigenvalue weighted by molar-refractivity contribution is 7.92. The normalized spacial score (nSPS) is 12.7. The van der Waals surface area contributed by atoms with Crippen molar-refractivity contribution in [2.24, 2.45) is 0 Å². The summed E-state index contributed by atoms with van der Waals surface area (Å²) in [5, 5.41) is 0. The fourth-order valence-electron chi connectivity index (χ4n) is 2.29. The van der Waals surface area contributed by atoms with E-state index in [4.69, 9.17) is 4.74 Å². The molecule has 23 heavy (non-hydrogen) atoms. The monoisotopic (exact) mass is 333 g/mol. The second-order valence-corrected chi connectivity index (χ2v) is 7.35. The maximum absolute atomic E-state index is 12.5. The summed E-state index contributed by atoms with van der Waals surface area (Å²) in [7, 11) is -2.01. The molecule has 0 amide bonds. The Bertz CT molecular complexity index is 767. The summed E-state index contributed by atoms with van der Waals surface area (Å²) >= 11 is 0. The molecule has 0 saturated heterocycles. The van der Waals surface area contributed by atoms with Crippen LogP contribution in [0.15, 0.2) is 47.4 Å². The molecule has 1 unspecified atom stereocenters. The largest absolute Gasteiger partial charge is 0.497 e. The third kappa shape index (κ3) is 4.05. The molecule has 0 aliphatic rings. The zero-order chi connectivity index (χ0) is 17.0. The molecular weight excluding hydrogens is 310 g/mol. The Morgan fingerprint density at radius 2 is 1.78 bits per heavy atom. The Morgan fingerprint density at radius 3 is 2.30 bits per heavy atom. The standard InChI is InChI=1S/C18H23NO3S/c1-5-13(2)15-6-9-17(10-7-15)23(20,21)19-18-11-8-16(22-4)12-14(18)3/h6-13,19H,5H2,1-4H3. The minimum absolute atomic E-state index is 0.264. The lowest BCUT2D eigenvalue weighted by Gasteiger charge is -2.13. The van der Waals surface area contributed by atoms with E-state index in [-0.39, 0.29) is 4.90 Å². The zero-order valence-corrected chi connectivity index (χ0v) is 14.8. The zero-order valence-electron chi connectivity index (χ0n) is 14.0. The minimum atomic E-state index is -3.60. The summed E-state index contributed by atoms with van der Waals surface area (Å²) in [5.41, 5.74) is 2.51. The van der Waals surface area contributed by atoms with Gasteiger partial charge >= 0.3 is 0 Å². The molecule has 0 heterocycles. The molecule has 0 aliphatic carbocycles. The highest BCUT2D eigenvalue weighted by Gasteiger charge is 2.16. The van der Waals surface area contributed by atoms with E-state index < -0.39 is 10.0 Å². The lowest BCUT2D eigenvalue weighted by atomic mass is 9.99. The Kier molecular flexibility index (Phi) is 5.31. The quantitative estimate of drug-likeness (QED) is 0.856. The van der Waals surface area contributed by atoms with Crippen LogP contribution in [0.2, 0.25) is 0 Å². The van der Waals surface area contributed by atoms with Gasteiger partial charge in [0, 0.05) is 0 Å². The van der Waals surface area contributed by atoms with E-state index in [2.05, 4.69) is 18.6 Å². The van der Waals surface area contributed by atoms with Gasteiger partial charge in [0.05, 0.1) is 17.7 Å². The number of methoxy groups -OCH3 is 1. The molecule has 2 rings (SSSR count). The van der Waals surface area contributed by atoms with Gasteiger partial charge in [-0.1, -0.05) is 26.0 Å². The second kappa shape index (κ2) is 7.04. The fourth-order valence-corrected chi connectivity index (χ4v) is 3.42. The van der Waals surface area contributed by atoms with Gasteiger partial charge in [0.25, 0.3) is 10.0 Å². The molecule has 1 N–H and O–H groups in total. The molecule has 1 atom stereocenters. The first-order valence-electron chi connectivity index (χ1n) is 7.64. The molecule has 0 saturated carbocycles. The number of nitrogens with one attached hydrogen (secondary N) is 1. The number of rotatable bonds is 6. The highest BCUT2D eigenvalue weighted by atomic mass is 32.2. The van der Waals surface area contributed by atoms with Crippen molar-refractivity contribution in [2.45, 2.75) is 38.0 Å². The molecule has 124 valence electrons. The molecule has 0 spiro atoms. The Balaban J connectivity index is 2.25. The van der Waals surface area contributed by atoms with E-state index in [0.29, 0.717) is 17.4 Å². The first kappa shape index (κ1) is 17.3. The van der Waals surface area contributed by atoms with E-state index >= 15 is 0 Å². The van der Waals surface area contributed by atoms with Crippen LogP contribution in [0.25, 0.3) is 0 Å². The van der Waals surface area contributed by atoms with Crippen LogP contribution >= 0.6 is 0 Å². The van der Waals surface area contributed by atoms with Gasteiger partial charge < -0.3 is 4.74 Å². The van der Waals surface area contributed by atoms with Gasteiger partial charge in [0.15, 0.2) is 0 Å².